The summed E-state index contributed by atoms with van der Waals surface area (Å²) in [5, 5.41) is 6.37. The number of rotatable bonds is 3. The number of carbonyl (C=O) groups excluding carboxylic acids is 1. The van der Waals surface area contributed by atoms with Crippen molar-refractivity contribution in [3.05, 3.63) is 18.5 Å². The summed E-state index contributed by atoms with van der Waals surface area (Å²) in [7, 11) is 1.41. The van der Waals surface area contributed by atoms with E-state index >= 15 is 0 Å². The maximum atomic E-state index is 11.8. The van der Waals surface area contributed by atoms with Crippen LogP contribution >= 0.6 is 0 Å². The number of nitrogens with two attached hydrogens (primary N) is 1. The number of nitrogens with one attached hydrogen (secondary N) is 2. The molecule has 94 valence electrons. The monoisotopic (exact) mass is 237 g/mol. The van der Waals surface area contributed by atoms with Gasteiger partial charge in [0.15, 0.2) is 0 Å². The Morgan fingerprint density at radius 3 is 3.18 bits per heavy atom. The fraction of sp³-hybridized carbons (Fsp3) is 0.667. The van der Waals surface area contributed by atoms with E-state index in [1.165, 1.54) is 7.11 Å². The minimum atomic E-state index is -0.313. The molecule has 0 bridgehead atoms. The Labute approximate surface area is 101 Å². The predicted molar refractivity (Wildman–Crippen MR) is 64.1 cm³/mol. The average Bonchev–Trinajstić information content (AvgIpc) is 2.90. The van der Waals surface area contributed by atoms with Crippen molar-refractivity contribution < 1.29 is 9.53 Å². The van der Waals surface area contributed by atoms with Gasteiger partial charge in [0.25, 0.3) is 0 Å². The van der Waals surface area contributed by atoms with Crippen molar-refractivity contribution in [2.24, 2.45) is 11.1 Å². The van der Waals surface area contributed by atoms with E-state index in [0.29, 0.717) is 0 Å². The van der Waals surface area contributed by atoms with Gasteiger partial charge in [-0.3, -0.25) is 4.79 Å². The van der Waals surface area contributed by atoms with Crippen LogP contribution in [0.15, 0.2) is 18.5 Å². The highest BCUT2D eigenvalue weighted by molar-refractivity contribution is 5.78. The number of methoxy groups -OCH3 is 1. The van der Waals surface area contributed by atoms with E-state index in [9.17, 15) is 4.79 Å². The van der Waals surface area contributed by atoms with E-state index < -0.39 is 0 Å². The van der Waals surface area contributed by atoms with E-state index in [4.69, 9.17) is 10.5 Å². The fourth-order valence-corrected chi connectivity index (χ4v) is 2.99. The van der Waals surface area contributed by atoms with Gasteiger partial charge in [-0.05, 0) is 19.4 Å². The van der Waals surface area contributed by atoms with Gasteiger partial charge in [0.2, 0.25) is 0 Å². The number of esters is 1. The SMILES string of the molecule is C=C=CNC1C(N)C12CCCNC2C(=O)OC. The molecule has 5 nitrogen and oxygen atoms in total. The molecule has 0 aromatic carbocycles. The van der Waals surface area contributed by atoms with Gasteiger partial charge in [-0.2, -0.15) is 0 Å². The Morgan fingerprint density at radius 1 is 1.76 bits per heavy atom. The Morgan fingerprint density at radius 2 is 2.53 bits per heavy atom. The van der Waals surface area contributed by atoms with Crippen LogP contribution in [0.2, 0.25) is 0 Å². The molecule has 0 amide bonds. The number of ether oxygens (including phenoxy) is 1. The van der Waals surface area contributed by atoms with Crippen LogP contribution in [0.25, 0.3) is 0 Å². The van der Waals surface area contributed by atoms with Gasteiger partial charge in [-0.1, -0.05) is 6.58 Å². The number of hydrogen-bond acceptors (Lipinski definition) is 5. The van der Waals surface area contributed by atoms with Crippen molar-refractivity contribution >= 4 is 5.97 Å². The first-order valence-corrected chi connectivity index (χ1v) is 5.85. The molecule has 1 saturated heterocycles. The van der Waals surface area contributed by atoms with E-state index in [1.54, 1.807) is 6.20 Å². The fourth-order valence-electron chi connectivity index (χ4n) is 2.99. The van der Waals surface area contributed by atoms with Gasteiger partial charge in [0, 0.05) is 17.7 Å². The van der Waals surface area contributed by atoms with Crippen molar-refractivity contribution in [3.8, 4) is 0 Å². The summed E-state index contributed by atoms with van der Waals surface area (Å²) in [5.74, 6) is -0.230. The van der Waals surface area contributed by atoms with Crippen molar-refractivity contribution in [2.45, 2.75) is 31.0 Å². The standard InChI is InChI=1S/C12H19N3O2/c1-3-6-14-9-8(13)12(9)5-4-7-15-10(12)11(16)17-2/h6,8-10,14-15H,1,4-5,7,13H2,2H3. The molecular formula is C12H19N3O2. The lowest BCUT2D eigenvalue weighted by atomic mass is 9.86. The molecule has 0 aromatic heterocycles. The van der Waals surface area contributed by atoms with Gasteiger partial charge in [-0.15, -0.1) is 5.73 Å². The zero-order valence-corrected chi connectivity index (χ0v) is 10.0. The smallest absolute Gasteiger partial charge is 0.323 e. The number of piperidine rings is 1. The Hall–Kier alpha value is -1.29. The summed E-state index contributed by atoms with van der Waals surface area (Å²) in [4.78, 5) is 11.8. The molecular weight excluding hydrogens is 218 g/mol. The predicted octanol–water partition coefficient (Wildman–Crippen LogP) is -0.504. The van der Waals surface area contributed by atoms with Crippen molar-refractivity contribution in [1.29, 1.82) is 0 Å². The Bertz CT molecular complexity index is 365. The topological polar surface area (TPSA) is 76.4 Å². The first-order valence-electron chi connectivity index (χ1n) is 5.85. The van der Waals surface area contributed by atoms with Crippen LogP contribution in [0, 0.1) is 5.41 Å². The maximum absolute atomic E-state index is 11.8. The molecule has 0 aromatic rings. The lowest BCUT2D eigenvalue weighted by Crippen LogP contribution is -2.52. The van der Waals surface area contributed by atoms with Gasteiger partial charge in [0.05, 0.1) is 13.2 Å². The second kappa shape index (κ2) is 4.53. The number of hydrogen-bond donors (Lipinski definition) is 3. The van der Waals surface area contributed by atoms with E-state index in [-0.39, 0.29) is 29.5 Å². The highest BCUT2D eigenvalue weighted by Crippen LogP contribution is 2.53. The molecule has 4 unspecified atom stereocenters. The van der Waals surface area contributed by atoms with Gasteiger partial charge >= 0.3 is 5.97 Å². The van der Waals surface area contributed by atoms with Crippen molar-refractivity contribution in [3.63, 3.8) is 0 Å². The van der Waals surface area contributed by atoms with Gasteiger partial charge < -0.3 is 21.1 Å². The van der Waals surface area contributed by atoms with Crippen LogP contribution in [-0.2, 0) is 9.53 Å². The highest BCUT2D eigenvalue weighted by atomic mass is 16.5. The van der Waals surface area contributed by atoms with Crippen molar-refractivity contribution in [1.82, 2.24) is 10.6 Å². The molecule has 1 heterocycles. The first-order chi connectivity index (χ1) is 8.18. The summed E-state index contributed by atoms with van der Waals surface area (Å²) < 4.78 is 4.84. The molecule has 17 heavy (non-hydrogen) atoms. The summed E-state index contributed by atoms with van der Waals surface area (Å²) >= 11 is 0. The van der Waals surface area contributed by atoms with Gasteiger partial charge in [0.1, 0.15) is 6.04 Å². The summed E-state index contributed by atoms with van der Waals surface area (Å²) in [6.07, 6.45) is 3.61. The zero-order valence-electron chi connectivity index (χ0n) is 10.0. The summed E-state index contributed by atoms with van der Waals surface area (Å²) in [5.41, 5.74) is 8.56. The molecule has 5 heteroatoms. The van der Waals surface area contributed by atoms with Crippen LogP contribution in [0.1, 0.15) is 12.8 Å². The zero-order chi connectivity index (χ0) is 12.5. The third kappa shape index (κ3) is 1.76. The van der Waals surface area contributed by atoms with E-state index in [2.05, 4.69) is 22.9 Å². The minimum Gasteiger partial charge on any atom is -0.468 e. The average molecular weight is 237 g/mol. The second-order valence-electron chi connectivity index (χ2n) is 4.64. The van der Waals surface area contributed by atoms with E-state index in [1.807, 2.05) is 0 Å². The van der Waals surface area contributed by atoms with Crippen LogP contribution in [-0.4, -0.2) is 37.7 Å². The molecule has 2 aliphatic rings. The molecule has 1 spiro atoms. The van der Waals surface area contributed by atoms with Crippen LogP contribution in [0.4, 0.5) is 0 Å². The molecule has 1 aliphatic carbocycles. The largest absolute Gasteiger partial charge is 0.468 e. The second-order valence-corrected chi connectivity index (χ2v) is 4.64. The molecule has 4 N–H and O–H groups in total. The number of carbonyl (C=O) groups is 1. The molecule has 2 fully saturated rings. The van der Waals surface area contributed by atoms with Crippen LogP contribution in [0.5, 0.6) is 0 Å². The van der Waals surface area contributed by atoms with Gasteiger partial charge in [-0.25, -0.2) is 0 Å². The molecule has 4 atom stereocenters. The van der Waals surface area contributed by atoms with Crippen LogP contribution in [0.3, 0.4) is 0 Å². The summed E-state index contributed by atoms with van der Waals surface area (Å²) in [6, 6.07) is -0.260. The lowest BCUT2D eigenvalue weighted by Gasteiger charge is -2.32. The quantitative estimate of drug-likeness (QED) is 0.455. The molecule has 0 radical (unpaired) electrons. The normalized spacial score (nSPS) is 39.3. The molecule has 1 aliphatic heterocycles. The maximum Gasteiger partial charge on any atom is 0.323 e. The molecule has 2 rings (SSSR count). The lowest BCUT2D eigenvalue weighted by molar-refractivity contribution is -0.146. The third-order valence-corrected chi connectivity index (χ3v) is 3.92. The van der Waals surface area contributed by atoms with E-state index in [0.717, 1.165) is 19.4 Å². The Balaban J connectivity index is 2.16. The van der Waals surface area contributed by atoms with Crippen LogP contribution < -0.4 is 16.4 Å². The minimum absolute atomic E-state index is 0.0380. The van der Waals surface area contributed by atoms with Crippen molar-refractivity contribution in [2.75, 3.05) is 13.7 Å². The highest BCUT2D eigenvalue weighted by Gasteiger charge is 2.69. The first kappa shape index (κ1) is 12.2. The Kier molecular flexibility index (Phi) is 3.24. The molecule has 1 saturated carbocycles. The third-order valence-electron chi connectivity index (χ3n) is 3.92. The summed E-state index contributed by atoms with van der Waals surface area (Å²) in [6.45, 7) is 4.33.